The number of methoxy groups -OCH3 is 2. The van der Waals surface area contributed by atoms with Crippen LogP contribution in [0.1, 0.15) is 66.7 Å². The highest BCUT2D eigenvalue weighted by Gasteiger charge is 2.60. The normalized spacial score (nSPS) is 41.0. The van der Waals surface area contributed by atoms with Crippen molar-refractivity contribution in [3.8, 4) is 0 Å². The summed E-state index contributed by atoms with van der Waals surface area (Å²) in [5.41, 5.74) is -0.580. The first-order valence-electron chi connectivity index (χ1n) is 13.2. The molecule has 216 valence electrons. The Morgan fingerprint density at radius 3 is 2.24 bits per heavy atom. The lowest BCUT2D eigenvalue weighted by Gasteiger charge is -2.54. The molecule has 2 heterocycles. The van der Waals surface area contributed by atoms with Crippen molar-refractivity contribution in [3.05, 3.63) is 11.6 Å². The molecule has 2 fully saturated rings. The average molecular weight is 533 g/mol. The molecule has 2 aliphatic heterocycles. The predicted octanol–water partition coefficient (Wildman–Crippen LogP) is 1.30. The highest BCUT2D eigenvalue weighted by atomic mass is 16.7. The van der Waals surface area contributed by atoms with E-state index in [4.69, 9.17) is 18.9 Å². The van der Waals surface area contributed by atoms with E-state index in [0.29, 0.717) is 12.8 Å². The van der Waals surface area contributed by atoms with Crippen molar-refractivity contribution in [3.63, 3.8) is 0 Å². The molecule has 2 aliphatic rings. The first kappa shape index (κ1) is 32.1. The number of hydrogen-bond acceptors (Lipinski definition) is 10. The fourth-order valence-corrected chi connectivity index (χ4v) is 5.37. The quantitative estimate of drug-likeness (QED) is 0.250. The summed E-state index contributed by atoms with van der Waals surface area (Å²) in [5.74, 6) is -3.33. The van der Waals surface area contributed by atoms with Gasteiger partial charge < -0.3 is 44.5 Å². The van der Waals surface area contributed by atoms with Crippen molar-refractivity contribution in [1.29, 1.82) is 0 Å². The van der Waals surface area contributed by atoms with E-state index in [1.165, 1.54) is 14.2 Å². The Bertz CT molecular complexity index is 766. The van der Waals surface area contributed by atoms with Gasteiger partial charge in [0.05, 0.1) is 24.4 Å². The lowest BCUT2D eigenvalue weighted by atomic mass is 9.69. The predicted molar refractivity (Wildman–Crippen MR) is 135 cm³/mol. The van der Waals surface area contributed by atoms with E-state index in [1.54, 1.807) is 13.8 Å². The Kier molecular flexibility index (Phi) is 11.5. The summed E-state index contributed by atoms with van der Waals surface area (Å²) in [7, 11) is 2.77. The van der Waals surface area contributed by atoms with Gasteiger partial charge in [0.25, 0.3) is 0 Å². The Morgan fingerprint density at radius 2 is 1.70 bits per heavy atom. The van der Waals surface area contributed by atoms with Crippen molar-refractivity contribution >= 4 is 5.97 Å². The maximum atomic E-state index is 13.0. The summed E-state index contributed by atoms with van der Waals surface area (Å²) in [4.78, 5) is 13.0. The van der Waals surface area contributed by atoms with Crippen LogP contribution in [0.25, 0.3) is 0 Å². The molecule has 2 bridgehead atoms. The molecule has 0 spiro atoms. The molecular formula is C27H48O10. The number of aliphatic hydroxyl groups excluding tert-OH is 4. The van der Waals surface area contributed by atoms with Crippen LogP contribution in [0.2, 0.25) is 0 Å². The first-order valence-corrected chi connectivity index (χ1v) is 13.2. The van der Waals surface area contributed by atoms with E-state index in [-0.39, 0.29) is 37.7 Å². The summed E-state index contributed by atoms with van der Waals surface area (Å²) < 4.78 is 22.7. The number of hydrogen-bond donors (Lipinski definition) is 5. The molecule has 10 atom stereocenters. The summed E-state index contributed by atoms with van der Waals surface area (Å²) in [5, 5.41) is 54.5. The molecule has 0 aromatic carbocycles. The number of fused-ring (bicyclic) bond motifs is 2. The molecule has 37 heavy (non-hydrogen) atoms. The van der Waals surface area contributed by atoms with E-state index in [2.05, 4.69) is 0 Å². The monoisotopic (exact) mass is 532 g/mol. The molecule has 2 rings (SSSR count). The van der Waals surface area contributed by atoms with E-state index in [0.717, 1.165) is 5.57 Å². The third-order valence-electron chi connectivity index (χ3n) is 8.31. The van der Waals surface area contributed by atoms with Gasteiger partial charge in [0.2, 0.25) is 5.79 Å². The summed E-state index contributed by atoms with van der Waals surface area (Å²) in [6.07, 6.45) is -4.14. The highest BCUT2D eigenvalue weighted by molar-refractivity contribution is 5.75. The summed E-state index contributed by atoms with van der Waals surface area (Å²) in [6, 6.07) is 0. The van der Waals surface area contributed by atoms with Crippen LogP contribution in [0.5, 0.6) is 0 Å². The molecule has 0 aliphatic carbocycles. The van der Waals surface area contributed by atoms with E-state index < -0.39 is 59.9 Å². The number of aliphatic hydroxyl groups is 5. The number of rotatable bonds is 6. The fraction of sp³-hybridized carbons (Fsp3) is 0.889. The number of esters is 1. The molecule has 0 aromatic heterocycles. The molecule has 0 radical (unpaired) electrons. The van der Waals surface area contributed by atoms with Crippen molar-refractivity contribution in [1.82, 2.24) is 0 Å². The van der Waals surface area contributed by atoms with Gasteiger partial charge in [-0.3, -0.25) is 0 Å². The molecule has 2 unspecified atom stereocenters. The third-order valence-corrected chi connectivity index (χ3v) is 8.31. The van der Waals surface area contributed by atoms with Crippen molar-refractivity contribution in [2.75, 3.05) is 20.8 Å². The number of ether oxygens (including phenoxy) is 4. The Hall–Kier alpha value is -1.11. The first-order chi connectivity index (χ1) is 17.2. The van der Waals surface area contributed by atoms with Gasteiger partial charge in [-0.05, 0) is 37.7 Å². The van der Waals surface area contributed by atoms with Crippen molar-refractivity contribution < 1.29 is 49.3 Å². The number of carbonyl (C=O) groups excluding carboxylic acids is 1. The van der Waals surface area contributed by atoms with Crippen LogP contribution < -0.4 is 0 Å². The van der Waals surface area contributed by atoms with Crippen LogP contribution in [0.4, 0.5) is 0 Å². The smallest absolute Gasteiger partial charge is 0.338 e. The minimum Gasteiger partial charge on any atom is -0.456 e. The second-order valence-corrected chi connectivity index (χ2v) is 11.3. The zero-order valence-corrected chi connectivity index (χ0v) is 23.3. The van der Waals surface area contributed by atoms with Crippen molar-refractivity contribution in [2.24, 2.45) is 17.3 Å². The largest absolute Gasteiger partial charge is 0.456 e. The highest BCUT2D eigenvalue weighted by Crippen LogP contribution is 2.46. The lowest BCUT2D eigenvalue weighted by Crippen LogP contribution is -2.68. The minimum absolute atomic E-state index is 0.00610. The molecule has 2 saturated heterocycles. The number of cyclic esters (lactones) is 1. The molecule has 10 heteroatoms. The topological polar surface area (TPSA) is 155 Å². The van der Waals surface area contributed by atoms with E-state index in [9.17, 15) is 30.3 Å². The SMILES string of the molecule is CC[C@H](/C=C(/C)[C@@H]1C[C@@H](C)CC(O)C(C)(C)[C@@]2(O)O[C@@H](C[C@@H](OC)C(O)C(=O)O1)C[C@@H](OC)[C@H]2O)CO. The van der Waals surface area contributed by atoms with Crippen LogP contribution in [0.15, 0.2) is 11.6 Å². The van der Waals surface area contributed by atoms with Crippen LogP contribution in [0.3, 0.4) is 0 Å². The molecule has 10 nitrogen and oxygen atoms in total. The van der Waals surface area contributed by atoms with Crippen molar-refractivity contribution in [2.45, 2.75) is 115 Å². The molecule has 0 amide bonds. The van der Waals surface area contributed by atoms with E-state index in [1.807, 2.05) is 26.8 Å². The molecular weight excluding hydrogens is 484 g/mol. The molecule has 0 aromatic rings. The second kappa shape index (κ2) is 13.3. The van der Waals surface area contributed by atoms with Gasteiger partial charge in [0, 0.05) is 45.0 Å². The summed E-state index contributed by atoms with van der Waals surface area (Å²) in [6.45, 7) is 8.87. The van der Waals surface area contributed by atoms with Crippen LogP contribution in [-0.4, -0.2) is 101 Å². The van der Waals surface area contributed by atoms with Crippen LogP contribution in [-0.2, 0) is 23.7 Å². The van der Waals surface area contributed by atoms with E-state index >= 15 is 0 Å². The lowest BCUT2D eigenvalue weighted by molar-refractivity contribution is -0.379. The zero-order chi connectivity index (χ0) is 28.1. The maximum Gasteiger partial charge on any atom is 0.338 e. The minimum atomic E-state index is -2.17. The maximum absolute atomic E-state index is 13.0. The van der Waals surface area contributed by atoms with Gasteiger partial charge in [0.1, 0.15) is 12.2 Å². The Labute approximate surface area is 220 Å². The third kappa shape index (κ3) is 7.10. The molecule has 0 saturated carbocycles. The Morgan fingerprint density at radius 1 is 1.11 bits per heavy atom. The van der Waals surface area contributed by atoms with Gasteiger partial charge in [-0.1, -0.05) is 33.8 Å². The fourth-order valence-electron chi connectivity index (χ4n) is 5.37. The zero-order valence-electron chi connectivity index (χ0n) is 23.3. The second-order valence-electron chi connectivity index (χ2n) is 11.3. The summed E-state index contributed by atoms with van der Waals surface area (Å²) >= 11 is 0. The van der Waals surface area contributed by atoms with Gasteiger partial charge in [-0.2, -0.15) is 0 Å². The van der Waals surface area contributed by atoms with Gasteiger partial charge >= 0.3 is 5.97 Å². The van der Waals surface area contributed by atoms with Crippen LogP contribution >= 0.6 is 0 Å². The van der Waals surface area contributed by atoms with Gasteiger partial charge in [0.15, 0.2) is 6.10 Å². The number of carbonyl (C=O) groups is 1. The van der Waals surface area contributed by atoms with Gasteiger partial charge in [-0.25, -0.2) is 4.79 Å². The molecule has 5 N–H and O–H groups in total. The Balaban J connectivity index is 2.51. The standard InChI is InChI=1S/C27H48O10/c1-8-17(14-28)11-16(3)19-9-15(2)10-22(29)26(4,5)27(33)24(31)21(35-7)13-18(37-27)12-20(34-6)23(30)25(32)36-19/h11,15,17-24,28-31,33H,8-10,12-14H2,1-7H3/b16-11-/t15-,17-,18+,19+,20-,21-,22?,23?,24-,27+/m1/s1. The average Bonchev–Trinajstić information content (AvgIpc) is 2.85. The van der Waals surface area contributed by atoms with Crippen LogP contribution in [0, 0.1) is 17.3 Å². The van der Waals surface area contributed by atoms with Gasteiger partial charge in [-0.15, -0.1) is 0 Å².